The highest BCUT2D eigenvalue weighted by atomic mass is 32.2. The summed E-state index contributed by atoms with van der Waals surface area (Å²) in [4.78, 5) is 21.4. The van der Waals surface area contributed by atoms with E-state index in [0.717, 1.165) is 17.1 Å². The van der Waals surface area contributed by atoms with Crippen molar-refractivity contribution in [3.8, 4) is 17.2 Å². The van der Waals surface area contributed by atoms with E-state index >= 15 is 0 Å². The fourth-order valence-corrected chi connectivity index (χ4v) is 5.99. The molecule has 0 spiro atoms. The zero-order chi connectivity index (χ0) is 29.3. The highest BCUT2D eigenvalue weighted by Crippen LogP contribution is 2.34. The molecule has 0 radical (unpaired) electrons. The Hall–Kier alpha value is -3.81. The number of aliphatic hydroxyl groups excluding tert-OH is 1. The van der Waals surface area contributed by atoms with Gasteiger partial charge in [0.2, 0.25) is 6.79 Å². The molecular formula is C28H35N5O7S. The first-order valence-corrected chi connectivity index (χ1v) is 14.8. The van der Waals surface area contributed by atoms with Crippen LogP contribution in [0, 0.1) is 5.92 Å². The van der Waals surface area contributed by atoms with Gasteiger partial charge in [-0.2, -0.15) is 8.42 Å². The normalized spacial score (nSPS) is 19.4. The van der Waals surface area contributed by atoms with Gasteiger partial charge >= 0.3 is 0 Å². The van der Waals surface area contributed by atoms with Crippen molar-refractivity contribution in [2.75, 3.05) is 38.3 Å². The van der Waals surface area contributed by atoms with Crippen LogP contribution in [0.1, 0.15) is 29.8 Å². The summed E-state index contributed by atoms with van der Waals surface area (Å²) in [5, 5.41) is 9.79. The molecule has 12 nitrogen and oxygen atoms in total. The van der Waals surface area contributed by atoms with Crippen molar-refractivity contribution < 1.29 is 32.5 Å². The van der Waals surface area contributed by atoms with Gasteiger partial charge in [-0.05, 0) is 49.9 Å². The molecule has 0 saturated heterocycles. The van der Waals surface area contributed by atoms with E-state index in [1.807, 2.05) is 32.2 Å². The zero-order valence-corrected chi connectivity index (χ0v) is 24.3. The number of likely N-dealkylation sites (N-methyl/N-ethyl adjacent to an activating group) is 1. The van der Waals surface area contributed by atoms with Crippen LogP contribution < -0.4 is 18.9 Å². The van der Waals surface area contributed by atoms with Crippen LogP contribution in [-0.4, -0.2) is 84.5 Å². The number of amides is 1. The van der Waals surface area contributed by atoms with Crippen LogP contribution in [0.25, 0.3) is 0 Å². The van der Waals surface area contributed by atoms with Crippen LogP contribution in [0.4, 0.5) is 5.69 Å². The van der Waals surface area contributed by atoms with Crippen molar-refractivity contribution in [3.05, 3.63) is 60.0 Å². The van der Waals surface area contributed by atoms with Crippen molar-refractivity contribution in [2.24, 2.45) is 13.0 Å². The first-order chi connectivity index (χ1) is 19.5. The molecule has 1 aromatic heterocycles. The van der Waals surface area contributed by atoms with Crippen LogP contribution in [-0.2, 0) is 23.6 Å². The number of ether oxygens (including phenoxy) is 3. The maximum atomic E-state index is 13.7. The van der Waals surface area contributed by atoms with Crippen LogP contribution in [0.2, 0.25) is 0 Å². The Morgan fingerprint density at radius 2 is 1.93 bits per heavy atom. The Kier molecular flexibility index (Phi) is 8.11. The number of imidazole rings is 1. The smallest absolute Gasteiger partial charge is 0.280 e. The summed E-state index contributed by atoms with van der Waals surface area (Å²) in [6.45, 7) is 5.35. The quantitative estimate of drug-likeness (QED) is 0.388. The first kappa shape index (κ1) is 28.7. The second kappa shape index (κ2) is 11.6. The number of aliphatic hydroxyl groups is 1. The molecule has 2 aliphatic rings. The molecule has 0 unspecified atom stereocenters. The van der Waals surface area contributed by atoms with Gasteiger partial charge < -0.3 is 28.8 Å². The molecule has 0 bridgehead atoms. The Morgan fingerprint density at radius 1 is 1.17 bits per heavy atom. The second-order valence-corrected chi connectivity index (χ2v) is 12.3. The summed E-state index contributed by atoms with van der Waals surface area (Å²) in [7, 11) is -0.298. The number of nitrogens with zero attached hydrogens (tertiary/aromatic N) is 4. The zero-order valence-electron chi connectivity index (χ0n) is 23.5. The lowest BCUT2D eigenvalue weighted by Gasteiger charge is -2.38. The lowest BCUT2D eigenvalue weighted by molar-refractivity contribution is 0.0341. The number of aryl methyl sites for hydroxylation is 1. The number of nitrogens with one attached hydrogen (secondary N) is 1. The molecule has 2 aliphatic heterocycles. The van der Waals surface area contributed by atoms with Gasteiger partial charge in [-0.15, -0.1) is 0 Å². The molecule has 3 aromatic rings. The molecule has 0 saturated carbocycles. The average Bonchev–Trinajstić information content (AvgIpc) is 3.59. The highest BCUT2D eigenvalue weighted by Gasteiger charge is 2.34. The number of sulfonamides is 1. The van der Waals surface area contributed by atoms with E-state index in [1.165, 1.54) is 23.2 Å². The van der Waals surface area contributed by atoms with Crippen LogP contribution in [0.5, 0.6) is 17.2 Å². The summed E-state index contributed by atoms with van der Waals surface area (Å²) in [6.07, 6.45) is 2.48. The predicted molar refractivity (Wildman–Crippen MR) is 151 cm³/mol. The number of anilines is 1. The molecule has 0 aliphatic carbocycles. The van der Waals surface area contributed by atoms with E-state index in [-0.39, 0.29) is 47.6 Å². The summed E-state index contributed by atoms with van der Waals surface area (Å²) in [5.41, 5.74) is 1.47. The van der Waals surface area contributed by atoms with Crippen molar-refractivity contribution >= 4 is 21.6 Å². The van der Waals surface area contributed by atoms with Crippen LogP contribution in [0.15, 0.2) is 53.9 Å². The third-order valence-electron chi connectivity index (χ3n) is 7.25. The van der Waals surface area contributed by atoms with Gasteiger partial charge in [0, 0.05) is 44.5 Å². The van der Waals surface area contributed by atoms with E-state index in [1.54, 1.807) is 31.0 Å². The topological polar surface area (TPSA) is 135 Å². The molecule has 0 fully saturated rings. The summed E-state index contributed by atoms with van der Waals surface area (Å²) >= 11 is 0. The predicted octanol–water partition coefficient (Wildman–Crippen LogP) is 2.30. The standard InChI is InChI=1S/C28H35N5O7S/c1-18-11-33(19(2)15-34)28(35)22-10-21(30-41(36,37)27-14-32(4)16-29-27)6-8-23(22)40-26(18)13-31(3)12-20-5-7-24-25(9-20)39-17-38-24/h5-10,14,16,18-19,26,30,34H,11-13,15,17H2,1-4H3/t18-,19+,26-/m1/s1. The second-order valence-electron chi connectivity index (χ2n) is 10.7. The number of hydrogen-bond donors (Lipinski definition) is 2. The third kappa shape index (κ3) is 6.26. The monoisotopic (exact) mass is 585 g/mol. The maximum absolute atomic E-state index is 13.7. The average molecular weight is 586 g/mol. The van der Waals surface area contributed by atoms with Crippen molar-refractivity contribution in [2.45, 2.75) is 37.6 Å². The Balaban J connectivity index is 1.40. The van der Waals surface area contributed by atoms with Gasteiger partial charge in [-0.1, -0.05) is 13.0 Å². The minimum absolute atomic E-state index is 0.0670. The number of aromatic nitrogens is 2. The number of hydrogen-bond acceptors (Lipinski definition) is 9. The van der Waals surface area contributed by atoms with Crippen LogP contribution in [0.3, 0.4) is 0 Å². The lowest BCUT2D eigenvalue weighted by atomic mass is 9.99. The molecule has 3 heterocycles. The molecule has 2 N–H and O–H groups in total. The largest absolute Gasteiger partial charge is 0.488 e. The van der Waals surface area contributed by atoms with Gasteiger partial charge in [0.05, 0.1) is 24.5 Å². The fourth-order valence-electron chi connectivity index (χ4n) is 4.96. The van der Waals surface area contributed by atoms with Gasteiger partial charge in [-0.25, -0.2) is 4.98 Å². The van der Waals surface area contributed by atoms with E-state index < -0.39 is 16.1 Å². The van der Waals surface area contributed by atoms with Gasteiger partial charge in [0.1, 0.15) is 11.9 Å². The summed E-state index contributed by atoms with van der Waals surface area (Å²) in [6, 6.07) is 10.1. The van der Waals surface area contributed by atoms with Crippen molar-refractivity contribution in [1.82, 2.24) is 19.4 Å². The molecule has 220 valence electrons. The molecule has 1 amide bonds. The summed E-state index contributed by atoms with van der Waals surface area (Å²) in [5.74, 6) is 1.39. The number of rotatable bonds is 9. The molecule has 13 heteroatoms. The molecule has 41 heavy (non-hydrogen) atoms. The Labute approximate surface area is 239 Å². The van der Waals surface area contributed by atoms with E-state index in [9.17, 15) is 18.3 Å². The van der Waals surface area contributed by atoms with Gasteiger partial charge in [0.15, 0.2) is 16.5 Å². The maximum Gasteiger partial charge on any atom is 0.280 e. The first-order valence-electron chi connectivity index (χ1n) is 13.3. The van der Waals surface area contributed by atoms with Crippen molar-refractivity contribution in [1.29, 1.82) is 0 Å². The molecule has 5 rings (SSSR count). The van der Waals surface area contributed by atoms with E-state index in [0.29, 0.717) is 25.4 Å². The van der Waals surface area contributed by atoms with Gasteiger partial charge in [0.25, 0.3) is 15.9 Å². The number of carbonyl (C=O) groups is 1. The van der Waals surface area contributed by atoms with E-state index in [4.69, 9.17) is 14.2 Å². The lowest BCUT2D eigenvalue weighted by Crippen LogP contribution is -2.49. The van der Waals surface area contributed by atoms with Crippen LogP contribution >= 0.6 is 0 Å². The molecule has 2 aromatic carbocycles. The third-order valence-corrected chi connectivity index (χ3v) is 8.52. The van der Waals surface area contributed by atoms with Gasteiger partial charge in [-0.3, -0.25) is 14.4 Å². The molecule has 3 atom stereocenters. The van der Waals surface area contributed by atoms with E-state index in [2.05, 4.69) is 14.6 Å². The van der Waals surface area contributed by atoms with Crippen molar-refractivity contribution in [3.63, 3.8) is 0 Å². The number of benzene rings is 2. The Bertz CT molecular complexity index is 1530. The SMILES string of the molecule is C[C@@H]1CN([C@@H](C)CO)C(=O)c2cc(NS(=O)(=O)c3cn(C)cn3)ccc2O[C@@H]1CN(C)Cc1ccc2c(c1)OCO2. The fraction of sp³-hybridized carbons (Fsp3) is 0.429. The minimum Gasteiger partial charge on any atom is -0.488 e. The highest BCUT2D eigenvalue weighted by molar-refractivity contribution is 7.92. The summed E-state index contributed by atoms with van der Waals surface area (Å²) < 4.78 is 47.1. The molecular weight excluding hydrogens is 550 g/mol. The number of carbonyl (C=O) groups excluding carboxylic acids is 1. The Morgan fingerprint density at radius 3 is 2.66 bits per heavy atom. The minimum atomic E-state index is -3.97. The number of fused-ring (bicyclic) bond motifs is 2.